The van der Waals surface area contributed by atoms with Gasteiger partial charge in [-0.3, -0.25) is 9.69 Å². The zero-order valence-electron chi connectivity index (χ0n) is 15.6. The van der Waals surface area contributed by atoms with Gasteiger partial charge in [-0.2, -0.15) is 11.3 Å². The van der Waals surface area contributed by atoms with Gasteiger partial charge in [-0.1, -0.05) is 42.4 Å². The Hall–Kier alpha value is -2.18. The topological polar surface area (TPSA) is 53.9 Å². The summed E-state index contributed by atoms with van der Waals surface area (Å²) in [4.78, 5) is 20.7. The molecule has 2 atom stereocenters. The number of carbonyl (C=O) groups excluding carboxylic acids is 1. The molecule has 4 rings (SSSR count). The van der Waals surface area contributed by atoms with E-state index in [0.29, 0.717) is 18.7 Å². The molecule has 3 heterocycles. The van der Waals surface area contributed by atoms with Crippen LogP contribution in [-0.4, -0.2) is 41.8 Å². The number of nitrogens with one attached hydrogen (secondary N) is 1. The lowest BCUT2D eigenvalue weighted by Crippen LogP contribution is -2.37. The zero-order chi connectivity index (χ0) is 18.7. The molecule has 142 valence electrons. The van der Waals surface area contributed by atoms with Crippen molar-refractivity contribution in [2.45, 2.75) is 37.8 Å². The van der Waals surface area contributed by atoms with Gasteiger partial charge in [-0.05, 0) is 33.9 Å². The van der Waals surface area contributed by atoms with Crippen LogP contribution in [0.5, 0.6) is 0 Å². The largest absolute Gasteiger partial charge is 0.387 e. The Bertz CT molecular complexity index is 806. The number of carbonyl (C=O) groups is 1. The molecule has 1 N–H and O–H groups in total. The van der Waals surface area contributed by atoms with Gasteiger partial charge in [-0.25, -0.2) is 0 Å². The molecule has 0 saturated carbocycles. The lowest BCUT2D eigenvalue weighted by Gasteiger charge is -2.21. The van der Waals surface area contributed by atoms with Gasteiger partial charge in [0.2, 0.25) is 0 Å². The van der Waals surface area contributed by atoms with Crippen LogP contribution in [0.15, 0.2) is 52.3 Å². The lowest BCUT2D eigenvalue weighted by atomic mass is 9.96. The summed E-state index contributed by atoms with van der Waals surface area (Å²) in [5.41, 5.74) is 2.75. The Morgan fingerprint density at radius 2 is 2.22 bits per heavy atom. The van der Waals surface area contributed by atoms with Gasteiger partial charge < -0.3 is 10.2 Å². The summed E-state index contributed by atoms with van der Waals surface area (Å²) in [5.74, 6) is 0.158. The van der Waals surface area contributed by atoms with Gasteiger partial charge in [0.25, 0.3) is 5.91 Å². The average molecular weight is 384 g/mol. The van der Waals surface area contributed by atoms with E-state index in [4.69, 9.17) is 4.84 Å². The van der Waals surface area contributed by atoms with E-state index in [1.807, 2.05) is 18.2 Å². The number of benzene rings is 1. The number of likely N-dealkylation sites (tertiary alicyclic amines) is 1. The molecule has 27 heavy (non-hydrogen) atoms. The normalized spacial score (nSPS) is 23.2. The maximum atomic E-state index is 12.5. The highest BCUT2D eigenvalue weighted by atomic mass is 32.1. The molecule has 1 aromatic carbocycles. The third kappa shape index (κ3) is 4.22. The molecular formula is C21H25N3O2S. The molecule has 2 aliphatic rings. The SMILES string of the molecule is CC(CNC(=O)C1=NOC2(CCN(Cc3ccsc3)C2)C1)c1ccccc1. The Labute approximate surface area is 164 Å². The molecule has 0 bridgehead atoms. The highest BCUT2D eigenvalue weighted by molar-refractivity contribution is 7.07. The smallest absolute Gasteiger partial charge is 0.269 e. The van der Waals surface area contributed by atoms with Crippen LogP contribution in [-0.2, 0) is 16.2 Å². The summed E-state index contributed by atoms with van der Waals surface area (Å²) in [6, 6.07) is 12.4. The van der Waals surface area contributed by atoms with Crippen molar-refractivity contribution >= 4 is 23.0 Å². The van der Waals surface area contributed by atoms with Crippen molar-refractivity contribution in [1.29, 1.82) is 0 Å². The molecule has 1 aromatic heterocycles. The van der Waals surface area contributed by atoms with Gasteiger partial charge in [0.15, 0.2) is 5.60 Å². The molecule has 2 aromatic rings. The Balaban J connectivity index is 1.27. The molecule has 2 aliphatic heterocycles. The first-order chi connectivity index (χ1) is 13.1. The maximum Gasteiger partial charge on any atom is 0.269 e. The molecule has 1 fully saturated rings. The number of hydrogen-bond acceptors (Lipinski definition) is 5. The second-order valence-electron chi connectivity index (χ2n) is 7.60. The number of rotatable bonds is 6. The Kier molecular flexibility index (Phi) is 5.27. The van der Waals surface area contributed by atoms with Crippen molar-refractivity contribution < 1.29 is 9.63 Å². The number of hydrogen-bond donors (Lipinski definition) is 1. The van der Waals surface area contributed by atoms with Gasteiger partial charge in [0.05, 0.1) is 0 Å². The molecule has 0 radical (unpaired) electrons. The maximum absolute atomic E-state index is 12.5. The molecule has 1 saturated heterocycles. The fraction of sp³-hybridized carbons (Fsp3) is 0.429. The lowest BCUT2D eigenvalue weighted by molar-refractivity contribution is -0.115. The third-order valence-electron chi connectivity index (χ3n) is 5.42. The summed E-state index contributed by atoms with van der Waals surface area (Å²) in [6.45, 7) is 5.45. The van der Waals surface area contributed by atoms with E-state index in [-0.39, 0.29) is 17.4 Å². The third-order valence-corrected chi connectivity index (χ3v) is 6.15. The monoisotopic (exact) mass is 383 g/mol. The highest BCUT2D eigenvalue weighted by Gasteiger charge is 2.46. The minimum atomic E-state index is -0.326. The first kappa shape index (κ1) is 18.2. The first-order valence-corrected chi connectivity index (χ1v) is 10.4. The van der Waals surface area contributed by atoms with Crippen molar-refractivity contribution in [3.63, 3.8) is 0 Å². The standard InChI is InChI=1S/C21H25N3O2S/c1-16(18-5-3-2-4-6-18)12-22-20(25)19-11-21(26-23-19)8-9-24(15-21)13-17-7-10-27-14-17/h2-7,10,14,16H,8-9,11-13,15H2,1H3,(H,22,25). The molecular weight excluding hydrogens is 358 g/mol. The summed E-state index contributed by atoms with van der Waals surface area (Å²) in [5, 5.41) is 11.4. The van der Waals surface area contributed by atoms with Crippen LogP contribution in [0.25, 0.3) is 0 Å². The Morgan fingerprint density at radius 3 is 3.00 bits per heavy atom. The fourth-order valence-corrected chi connectivity index (χ4v) is 4.47. The van der Waals surface area contributed by atoms with Gasteiger partial charge in [0, 0.05) is 39.0 Å². The van der Waals surface area contributed by atoms with Crippen molar-refractivity contribution in [2.75, 3.05) is 19.6 Å². The zero-order valence-corrected chi connectivity index (χ0v) is 16.4. The van der Waals surface area contributed by atoms with Crippen LogP contribution in [0.4, 0.5) is 0 Å². The van der Waals surface area contributed by atoms with Gasteiger partial charge in [0.1, 0.15) is 5.71 Å². The summed E-state index contributed by atoms with van der Waals surface area (Å²) in [7, 11) is 0. The van der Waals surface area contributed by atoms with E-state index in [9.17, 15) is 4.79 Å². The van der Waals surface area contributed by atoms with Gasteiger partial charge >= 0.3 is 0 Å². The molecule has 1 spiro atoms. The predicted octanol–water partition coefficient (Wildman–Crippen LogP) is 3.39. The summed E-state index contributed by atoms with van der Waals surface area (Å²) >= 11 is 1.72. The number of nitrogens with zero attached hydrogens (tertiary/aromatic N) is 2. The van der Waals surface area contributed by atoms with Crippen LogP contribution in [0, 0.1) is 0 Å². The molecule has 6 heteroatoms. The van der Waals surface area contributed by atoms with Crippen molar-refractivity contribution in [3.05, 3.63) is 58.3 Å². The molecule has 2 unspecified atom stereocenters. The molecule has 0 aliphatic carbocycles. The number of thiophene rings is 1. The summed E-state index contributed by atoms with van der Waals surface area (Å²) < 4.78 is 0. The second kappa shape index (κ2) is 7.82. The minimum Gasteiger partial charge on any atom is -0.387 e. The quantitative estimate of drug-likeness (QED) is 0.832. The van der Waals surface area contributed by atoms with Crippen molar-refractivity contribution in [1.82, 2.24) is 10.2 Å². The first-order valence-electron chi connectivity index (χ1n) is 9.45. The summed E-state index contributed by atoms with van der Waals surface area (Å²) in [6.07, 6.45) is 1.51. The predicted molar refractivity (Wildman–Crippen MR) is 108 cm³/mol. The second-order valence-corrected chi connectivity index (χ2v) is 8.38. The minimum absolute atomic E-state index is 0.106. The average Bonchev–Trinajstić information content (AvgIpc) is 3.43. The van der Waals surface area contributed by atoms with E-state index >= 15 is 0 Å². The molecule has 1 amide bonds. The van der Waals surface area contributed by atoms with Gasteiger partial charge in [-0.15, -0.1) is 0 Å². The van der Waals surface area contributed by atoms with Crippen LogP contribution in [0.3, 0.4) is 0 Å². The van der Waals surface area contributed by atoms with Crippen LogP contribution in [0.1, 0.15) is 36.8 Å². The van der Waals surface area contributed by atoms with Crippen molar-refractivity contribution in [2.24, 2.45) is 5.16 Å². The highest BCUT2D eigenvalue weighted by Crippen LogP contribution is 2.34. The van der Waals surface area contributed by atoms with E-state index < -0.39 is 0 Å². The van der Waals surface area contributed by atoms with Crippen LogP contribution >= 0.6 is 11.3 Å². The Morgan fingerprint density at radius 1 is 1.37 bits per heavy atom. The fourth-order valence-electron chi connectivity index (χ4n) is 3.81. The number of oxime groups is 1. The van der Waals surface area contributed by atoms with E-state index in [0.717, 1.165) is 26.1 Å². The van der Waals surface area contributed by atoms with Crippen LogP contribution < -0.4 is 5.32 Å². The van der Waals surface area contributed by atoms with E-state index in [2.05, 4.69) is 51.3 Å². The van der Waals surface area contributed by atoms with Crippen LogP contribution in [0.2, 0.25) is 0 Å². The van der Waals surface area contributed by atoms with E-state index in [1.54, 1.807) is 11.3 Å². The van der Waals surface area contributed by atoms with E-state index in [1.165, 1.54) is 11.1 Å². The number of amides is 1. The molecule has 5 nitrogen and oxygen atoms in total. The van der Waals surface area contributed by atoms with Crippen molar-refractivity contribution in [3.8, 4) is 0 Å².